The summed E-state index contributed by atoms with van der Waals surface area (Å²) in [6.45, 7) is 0.641. The van der Waals surface area contributed by atoms with Gasteiger partial charge >= 0.3 is 0 Å². The van der Waals surface area contributed by atoms with E-state index in [4.69, 9.17) is 4.74 Å². The quantitative estimate of drug-likeness (QED) is 0.784. The Labute approximate surface area is 160 Å². The highest BCUT2D eigenvalue weighted by molar-refractivity contribution is 5.99. The lowest BCUT2D eigenvalue weighted by Gasteiger charge is -2.36. The fourth-order valence-corrected chi connectivity index (χ4v) is 3.72. The van der Waals surface area contributed by atoms with Crippen molar-refractivity contribution in [3.8, 4) is 5.75 Å². The Morgan fingerprint density at radius 1 is 1.19 bits per heavy atom. The molecule has 1 aliphatic rings. The highest BCUT2D eigenvalue weighted by Crippen LogP contribution is 2.33. The Kier molecular flexibility index (Phi) is 5.96. The van der Waals surface area contributed by atoms with Crippen molar-refractivity contribution in [2.75, 3.05) is 33.1 Å². The molecule has 6 heteroatoms. The molecule has 0 aliphatic heterocycles. The molecule has 1 aliphatic carbocycles. The zero-order valence-electron chi connectivity index (χ0n) is 16.3. The van der Waals surface area contributed by atoms with E-state index in [-0.39, 0.29) is 11.4 Å². The molecule has 1 heterocycles. The summed E-state index contributed by atoms with van der Waals surface area (Å²) in [5.41, 5.74) is 1.34. The van der Waals surface area contributed by atoms with Crippen molar-refractivity contribution >= 4 is 17.4 Å². The predicted octanol–water partition coefficient (Wildman–Crippen LogP) is 3.44. The van der Waals surface area contributed by atoms with Crippen LogP contribution < -0.4 is 15.4 Å². The lowest BCUT2D eigenvalue weighted by molar-refractivity contribution is 0.0900. The largest absolute Gasteiger partial charge is 0.495 e. The molecular weight excluding hydrogens is 340 g/mol. The normalized spacial score (nSPS) is 15.6. The van der Waals surface area contributed by atoms with Crippen LogP contribution in [0.4, 0.5) is 11.5 Å². The molecule has 1 fully saturated rings. The lowest BCUT2D eigenvalue weighted by Crippen LogP contribution is -2.50. The van der Waals surface area contributed by atoms with Gasteiger partial charge in [-0.2, -0.15) is 0 Å². The maximum Gasteiger partial charge on any atom is 0.255 e. The monoisotopic (exact) mass is 368 g/mol. The second-order valence-electron chi connectivity index (χ2n) is 7.23. The molecular formula is C21H28N4O2. The summed E-state index contributed by atoms with van der Waals surface area (Å²) in [5.74, 6) is 1.10. The molecule has 1 aromatic carbocycles. The van der Waals surface area contributed by atoms with Crippen LogP contribution in [0.5, 0.6) is 5.75 Å². The maximum absolute atomic E-state index is 12.9. The number of nitrogens with zero attached hydrogens (tertiary/aromatic N) is 2. The minimum atomic E-state index is -0.117. The second kappa shape index (κ2) is 8.39. The van der Waals surface area contributed by atoms with E-state index in [9.17, 15) is 4.79 Å². The number of carbonyl (C=O) groups is 1. The van der Waals surface area contributed by atoms with Crippen molar-refractivity contribution < 1.29 is 9.53 Å². The van der Waals surface area contributed by atoms with Gasteiger partial charge in [0.25, 0.3) is 5.91 Å². The topological polar surface area (TPSA) is 66.5 Å². The number of aromatic nitrogens is 1. The van der Waals surface area contributed by atoms with Crippen molar-refractivity contribution in [2.24, 2.45) is 0 Å². The summed E-state index contributed by atoms with van der Waals surface area (Å²) in [6, 6.07) is 11.1. The average molecular weight is 368 g/mol. The van der Waals surface area contributed by atoms with Gasteiger partial charge < -0.3 is 20.3 Å². The second-order valence-corrected chi connectivity index (χ2v) is 7.23. The number of para-hydroxylation sites is 2. The van der Waals surface area contributed by atoms with Gasteiger partial charge in [0, 0.05) is 18.3 Å². The molecule has 2 aromatic rings. The van der Waals surface area contributed by atoms with Crippen LogP contribution in [0.3, 0.4) is 0 Å². The van der Waals surface area contributed by atoms with E-state index in [0.717, 1.165) is 18.5 Å². The first-order valence-corrected chi connectivity index (χ1v) is 9.36. The molecule has 0 saturated heterocycles. The Balaban J connectivity index is 1.76. The van der Waals surface area contributed by atoms with Gasteiger partial charge in [-0.05, 0) is 51.2 Å². The number of methoxy groups -OCH3 is 1. The third-order valence-corrected chi connectivity index (χ3v) is 5.47. The fraction of sp³-hybridized carbons (Fsp3) is 0.429. The van der Waals surface area contributed by atoms with Crippen molar-refractivity contribution in [3.05, 3.63) is 48.2 Å². The Morgan fingerprint density at radius 3 is 2.63 bits per heavy atom. The van der Waals surface area contributed by atoms with Gasteiger partial charge in [-0.1, -0.05) is 25.0 Å². The minimum absolute atomic E-state index is 0.0497. The summed E-state index contributed by atoms with van der Waals surface area (Å²) in [7, 11) is 5.81. The van der Waals surface area contributed by atoms with Crippen LogP contribution in [0.2, 0.25) is 0 Å². The number of hydrogen-bond donors (Lipinski definition) is 2. The number of benzene rings is 1. The smallest absolute Gasteiger partial charge is 0.255 e. The van der Waals surface area contributed by atoms with Gasteiger partial charge in [-0.15, -0.1) is 0 Å². The van der Waals surface area contributed by atoms with E-state index >= 15 is 0 Å². The number of carbonyl (C=O) groups excluding carboxylic acids is 1. The Hall–Kier alpha value is -2.60. The molecule has 6 nitrogen and oxygen atoms in total. The standard InChI is InChI=1S/C21H28N4O2/c1-25(2)21(12-6-7-13-21)15-23-20(26)16-9-8-14-22-19(16)24-17-10-4-5-11-18(17)27-3/h4-5,8-11,14H,6-7,12-13,15H2,1-3H3,(H,22,24)(H,23,26). The number of nitrogens with one attached hydrogen (secondary N) is 2. The number of hydrogen-bond acceptors (Lipinski definition) is 5. The van der Waals surface area contributed by atoms with Crippen LogP contribution in [0, 0.1) is 0 Å². The summed E-state index contributed by atoms with van der Waals surface area (Å²) >= 11 is 0. The first kappa shape index (κ1) is 19.2. The molecule has 27 heavy (non-hydrogen) atoms. The number of likely N-dealkylation sites (N-methyl/N-ethyl adjacent to an activating group) is 1. The predicted molar refractivity (Wildman–Crippen MR) is 108 cm³/mol. The first-order chi connectivity index (χ1) is 13.1. The van der Waals surface area contributed by atoms with Crippen LogP contribution in [-0.4, -0.2) is 49.1 Å². The number of pyridine rings is 1. The zero-order valence-corrected chi connectivity index (χ0v) is 16.3. The molecule has 2 N–H and O–H groups in total. The lowest BCUT2D eigenvalue weighted by atomic mass is 9.96. The summed E-state index contributed by atoms with van der Waals surface area (Å²) in [5, 5.41) is 6.35. The zero-order chi connectivity index (χ0) is 19.3. The third-order valence-electron chi connectivity index (χ3n) is 5.47. The van der Waals surface area contributed by atoms with Crippen molar-refractivity contribution in [1.82, 2.24) is 15.2 Å². The van der Waals surface area contributed by atoms with Crippen LogP contribution in [-0.2, 0) is 0 Å². The molecule has 0 bridgehead atoms. The van der Waals surface area contributed by atoms with Crippen LogP contribution in [0.15, 0.2) is 42.6 Å². The van der Waals surface area contributed by atoms with Gasteiger partial charge in [0.2, 0.25) is 0 Å². The Bertz CT molecular complexity index is 785. The molecule has 0 spiro atoms. The van der Waals surface area contributed by atoms with Crippen LogP contribution in [0.25, 0.3) is 0 Å². The summed E-state index contributed by atoms with van der Waals surface area (Å²) in [6.07, 6.45) is 6.31. The third kappa shape index (κ3) is 4.22. The fourth-order valence-electron chi connectivity index (χ4n) is 3.72. The van der Waals surface area contributed by atoms with E-state index < -0.39 is 0 Å². The SMILES string of the molecule is COc1ccccc1Nc1ncccc1C(=O)NCC1(N(C)C)CCCC1. The van der Waals surface area contributed by atoms with Crippen LogP contribution >= 0.6 is 0 Å². The Morgan fingerprint density at radius 2 is 1.93 bits per heavy atom. The molecule has 1 amide bonds. The minimum Gasteiger partial charge on any atom is -0.495 e. The average Bonchev–Trinajstić information content (AvgIpc) is 3.17. The molecule has 0 unspecified atom stereocenters. The maximum atomic E-state index is 12.9. The van der Waals surface area contributed by atoms with Crippen LogP contribution in [0.1, 0.15) is 36.0 Å². The number of ether oxygens (including phenoxy) is 1. The van der Waals surface area contributed by atoms with E-state index in [0.29, 0.717) is 23.7 Å². The van der Waals surface area contributed by atoms with Gasteiger partial charge in [-0.3, -0.25) is 4.79 Å². The van der Waals surface area contributed by atoms with E-state index in [1.165, 1.54) is 12.8 Å². The van der Waals surface area contributed by atoms with Gasteiger partial charge in [0.15, 0.2) is 0 Å². The number of anilines is 2. The number of amides is 1. The van der Waals surface area contributed by atoms with Gasteiger partial charge in [-0.25, -0.2) is 4.98 Å². The molecule has 0 radical (unpaired) electrons. The van der Waals surface area contributed by atoms with Crippen molar-refractivity contribution in [3.63, 3.8) is 0 Å². The van der Waals surface area contributed by atoms with Crippen molar-refractivity contribution in [2.45, 2.75) is 31.2 Å². The molecule has 1 saturated carbocycles. The van der Waals surface area contributed by atoms with Gasteiger partial charge in [0.1, 0.15) is 11.6 Å². The van der Waals surface area contributed by atoms with E-state index in [1.54, 1.807) is 25.4 Å². The molecule has 3 rings (SSSR count). The highest BCUT2D eigenvalue weighted by Gasteiger charge is 2.36. The highest BCUT2D eigenvalue weighted by atomic mass is 16.5. The first-order valence-electron chi connectivity index (χ1n) is 9.36. The van der Waals surface area contributed by atoms with E-state index in [1.807, 2.05) is 24.3 Å². The molecule has 1 aromatic heterocycles. The number of rotatable bonds is 7. The van der Waals surface area contributed by atoms with Crippen molar-refractivity contribution in [1.29, 1.82) is 0 Å². The summed E-state index contributed by atoms with van der Waals surface area (Å²) < 4.78 is 5.38. The van der Waals surface area contributed by atoms with Gasteiger partial charge in [0.05, 0.1) is 18.4 Å². The molecule has 144 valence electrons. The summed E-state index contributed by atoms with van der Waals surface area (Å²) in [4.78, 5) is 19.5. The van der Waals surface area contributed by atoms with E-state index in [2.05, 4.69) is 34.6 Å². The molecule has 0 atom stereocenters.